The summed E-state index contributed by atoms with van der Waals surface area (Å²) in [4.78, 5) is 10.1. The molecule has 0 aromatic heterocycles. The van der Waals surface area contributed by atoms with E-state index in [1.807, 2.05) is 19.4 Å². The van der Waals surface area contributed by atoms with Gasteiger partial charge >= 0.3 is 0 Å². The lowest BCUT2D eigenvalue weighted by atomic mass is 10.1. The second kappa shape index (κ2) is 3.34. The number of nitrogens with zero attached hydrogens (tertiary/aromatic N) is 1. The van der Waals surface area contributed by atoms with Gasteiger partial charge in [-0.25, -0.2) is 0 Å². The Morgan fingerprint density at radius 3 is 2.67 bits per heavy atom. The summed E-state index contributed by atoms with van der Waals surface area (Å²) >= 11 is 0. The van der Waals surface area contributed by atoms with Gasteiger partial charge in [-0.2, -0.15) is 0 Å². The van der Waals surface area contributed by atoms with E-state index < -0.39 is 0 Å². The van der Waals surface area contributed by atoms with Gasteiger partial charge in [0, 0.05) is 11.6 Å². The molecule has 3 heteroatoms. The molecular formula is C9H10NO2. The number of nitro benzene ring substituents is 1. The third-order valence-electron chi connectivity index (χ3n) is 1.76. The van der Waals surface area contributed by atoms with Crippen molar-refractivity contribution in [1.29, 1.82) is 0 Å². The Hall–Kier alpha value is -1.38. The van der Waals surface area contributed by atoms with Crippen LogP contribution in [0.4, 0.5) is 5.69 Å². The van der Waals surface area contributed by atoms with E-state index in [0.717, 1.165) is 5.56 Å². The van der Waals surface area contributed by atoms with Gasteiger partial charge in [0.2, 0.25) is 0 Å². The van der Waals surface area contributed by atoms with E-state index in [9.17, 15) is 10.1 Å². The highest BCUT2D eigenvalue weighted by atomic mass is 16.6. The Labute approximate surface area is 71.2 Å². The molecule has 0 N–H and O–H groups in total. The fourth-order valence-electron chi connectivity index (χ4n) is 1.00. The molecule has 0 heterocycles. The first kappa shape index (κ1) is 8.71. The third-order valence-corrected chi connectivity index (χ3v) is 1.76. The lowest BCUT2D eigenvalue weighted by Gasteiger charge is -1.98. The van der Waals surface area contributed by atoms with Gasteiger partial charge < -0.3 is 0 Å². The monoisotopic (exact) mass is 164 g/mol. The van der Waals surface area contributed by atoms with Crippen LogP contribution in [0.2, 0.25) is 0 Å². The molecule has 0 unspecified atom stereocenters. The lowest BCUT2D eigenvalue weighted by Crippen LogP contribution is -1.92. The summed E-state index contributed by atoms with van der Waals surface area (Å²) < 4.78 is 0. The highest BCUT2D eigenvalue weighted by Gasteiger charge is 2.09. The maximum Gasteiger partial charge on any atom is 0.272 e. The first-order valence-electron chi connectivity index (χ1n) is 3.69. The van der Waals surface area contributed by atoms with E-state index in [0.29, 0.717) is 5.56 Å². The van der Waals surface area contributed by atoms with Crippen molar-refractivity contribution < 1.29 is 4.92 Å². The minimum atomic E-state index is -0.359. The quantitative estimate of drug-likeness (QED) is 0.497. The molecule has 0 saturated carbocycles. The van der Waals surface area contributed by atoms with E-state index in [1.54, 1.807) is 19.1 Å². The zero-order chi connectivity index (χ0) is 9.14. The van der Waals surface area contributed by atoms with Crippen molar-refractivity contribution in [2.75, 3.05) is 0 Å². The summed E-state index contributed by atoms with van der Waals surface area (Å²) in [6, 6.07) is 5.20. The van der Waals surface area contributed by atoms with Crippen LogP contribution in [-0.4, -0.2) is 4.92 Å². The fourth-order valence-corrected chi connectivity index (χ4v) is 1.00. The normalized spacial score (nSPS) is 9.83. The Balaban J connectivity index is 3.17. The molecule has 0 atom stereocenters. The maximum absolute atomic E-state index is 10.5. The molecule has 1 aromatic rings. The molecule has 0 saturated heterocycles. The molecule has 0 fully saturated rings. The minimum Gasteiger partial charge on any atom is -0.258 e. The smallest absolute Gasteiger partial charge is 0.258 e. The number of aryl methyl sites for hydroxylation is 1. The van der Waals surface area contributed by atoms with Crippen molar-refractivity contribution in [3.05, 3.63) is 45.9 Å². The van der Waals surface area contributed by atoms with Crippen LogP contribution in [-0.2, 0) is 0 Å². The summed E-state index contributed by atoms with van der Waals surface area (Å²) in [5.74, 6) is 0. The van der Waals surface area contributed by atoms with Crippen molar-refractivity contribution in [3.8, 4) is 0 Å². The number of rotatable bonds is 2. The van der Waals surface area contributed by atoms with Gasteiger partial charge in [0.05, 0.1) is 4.92 Å². The molecule has 0 bridgehead atoms. The summed E-state index contributed by atoms with van der Waals surface area (Å²) in [5.41, 5.74) is 1.77. The van der Waals surface area contributed by atoms with Crippen molar-refractivity contribution >= 4 is 5.69 Å². The Morgan fingerprint density at radius 2 is 2.17 bits per heavy atom. The van der Waals surface area contributed by atoms with Crippen LogP contribution >= 0.6 is 0 Å². The molecule has 0 aliphatic carbocycles. The van der Waals surface area contributed by atoms with E-state index in [1.165, 1.54) is 0 Å². The van der Waals surface area contributed by atoms with Gasteiger partial charge in [0.1, 0.15) is 0 Å². The predicted molar refractivity (Wildman–Crippen MR) is 46.9 cm³/mol. The summed E-state index contributed by atoms with van der Waals surface area (Å²) in [6.07, 6.45) is 1.84. The standard InChI is InChI=1S/C9H10NO2/c1-3-8-5-4-7(2)9(6-8)10(11)12/h3-6H,1-2H3. The SMILES string of the molecule is C[CH]c1ccc(C)c([N+](=O)[O-])c1. The molecule has 0 aliphatic rings. The van der Waals surface area contributed by atoms with Crippen LogP contribution in [0.15, 0.2) is 18.2 Å². The topological polar surface area (TPSA) is 43.1 Å². The number of hydrogen-bond donors (Lipinski definition) is 0. The summed E-state index contributed by atoms with van der Waals surface area (Å²) in [7, 11) is 0. The zero-order valence-electron chi connectivity index (χ0n) is 7.07. The molecule has 1 aromatic carbocycles. The molecule has 1 rings (SSSR count). The van der Waals surface area contributed by atoms with Crippen LogP contribution in [0.25, 0.3) is 0 Å². The average Bonchev–Trinajstić information content (AvgIpc) is 2.05. The van der Waals surface area contributed by atoms with Gasteiger partial charge in [0.15, 0.2) is 0 Å². The zero-order valence-corrected chi connectivity index (χ0v) is 7.07. The molecule has 63 valence electrons. The van der Waals surface area contributed by atoms with E-state index in [-0.39, 0.29) is 10.6 Å². The molecule has 12 heavy (non-hydrogen) atoms. The number of nitro groups is 1. The van der Waals surface area contributed by atoms with Gasteiger partial charge in [-0.15, -0.1) is 0 Å². The number of benzene rings is 1. The van der Waals surface area contributed by atoms with Crippen LogP contribution in [0.1, 0.15) is 18.1 Å². The Morgan fingerprint density at radius 1 is 1.50 bits per heavy atom. The number of hydrogen-bond acceptors (Lipinski definition) is 2. The first-order valence-corrected chi connectivity index (χ1v) is 3.69. The minimum absolute atomic E-state index is 0.186. The van der Waals surface area contributed by atoms with Crippen LogP contribution < -0.4 is 0 Å². The summed E-state index contributed by atoms with van der Waals surface area (Å²) in [6.45, 7) is 3.59. The molecule has 0 aliphatic heterocycles. The maximum atomic E-state index is 10.5. The molecule has 0 spiro atoms. The van der Waals surface area contributed by atoms with Crippen molar-refractivity contribution in [1.82, 2.24) is 0 Å². The van der Waals surface area contributed by atoms with Gasteiger partial charge in [-0.05, 0) is 18.9 Å². The first-order chi connectivity index (χ1) is 5.65. The van der Waals surface area contributed by atoms with E-state index in [4.69, 9.17) is 0 Å². The average molecular weight is 164 g/mol. The fraction of sp³-hybridized carbons (Fsp3) is 0.222. The lowest BCUT2D eigenvalue weighted by molar-refractivity contribution is -0.385. The summed E-state index contributed by atoms with van der Waals surface area (Å²) in [5, 5.41) is 10.5. The van der Waals surface area contributed by atoms with Gasteiger partial charge in [-0.3, -0.25) is 10.1 Å². The second-order valence-electron chi connectivity index (χ2n) is 2.59. The van der Waals surface area contributed by atoms with Gasteiger partial charge in [0.25, 0.3) is 5.69 Å². The Bertz CT molecular complexity index is 307. The van der Waals surface area contributed by atoms with Gasteiger partial charge in [-0.1, -0.05) is 19.1 Å². The predicted octanol–water partition coefficient (Wildman–Crippen LogP) is 2.48. The van der Waals surface area contributed by atoms with Crippen molar-refractivity contribution in [2.45, 2.75) is 13.8 Å². The van der Waals surface area contributed by atoms with Crippen molar-refractivity contribution in [3.63, 3.8) is 0 Å². The molecular weight excluding hydrogens is 154 g/mol. The third kappa shape index (κ3) is 1.61. The molecule has 3 nitrogen and oxygen atoms in total. The highest BCUT2D eigenvalue weighted by molar-refractivity contribution is 5.44. The van der Waals surface area contributed by atoms with Crippen molar-refractivity contribution in [2.24, 2.45) is 0 Å². The largest absolute Gasteiger partial charge is 0.272 e. The van der Waals surface area contributed by atoms with Crippen LogP contribution in [0.5, 0.6) is 0 Å². The molecule has 1 radical (unpaired) electrons. The highest BCUT2D eigenvalue weighted by Crippen LogP contribution is 2.19. The second-order valence-corrected chi connectivity index (χ2v) is 2.59. The Kier molecular flexibility index (Phi) is 2.43. The van der Waals surface area contributed by atoms with E-state index in [2.05, 4.69) is 0 Å². The van der Waals surface area contributed by atoms with Crippen LogP contribution in [0.3, 0.4) is 0 Å². The van der Waals surface area contributed by atoms with Crippen LogP contribution in [0, 0.1) is 23.5 Å². The molecule has 0 amide bonds. The van der Waals surface area contributed by atoms with E-state index >= 15 is 0 Å².